The largest absolute Gasteiger partial charge is 0.490 e. The van der Waals surface area contributed by atoms with Gasteiger partial charge in [-0.1, -0.05) is 45.4 Å². The first-order valence-corrected chi connectivity index (χ1v) is 13.8. The molecule has 1 N–H and O–H groups in total. The van der Waals surface area contributed by atoms with E-state index in [1.807, 2.05) is 26.0 Å². The van der Waals surface area contributed by atoms with Gasteiger partial charge < -0.3 is 19.0 Å². The second kappa shape index (κ2) is 11.9. The second-order valence-electron chi connectivity index (χ2n) is 9.07. The molecule has 0 radical (unpaired) electrons. The number of aliphatic hydroxyl groups is 1. The zero-order chi connectivity index (χ0) is 22.9. The molecule has 1 saturated heterocycles. The topological polar surface area (TPSA) is 68.2 Å². The highest BCUT2D eigenvalue weighted by Crippen LogP contribution is 2.36. The first-order chi connectivity index (χ1) is 13.9. The highest BCUT2D eigenvalue weighted by atomic mass is 35.5. The lowest BCUT2D eigenvalue weighted by Crippen LogP contribution is -2.46. The van der Waals surface area contributed by atoms with Crippen molar-refractivity contribution >= 4 is 26.0 Å². The normalized spacial score (nSPS) is 17.8. The molecule has 30 heavy (non-hydrogen) atoms. The lowest BCUT2D eigenvalue weighted by atomic mass is 10.2. The molecule has 2 atom stereocenters. The summed E-state index contributed by atoms with van der Waals surface area (Å²) in [5.74, 6) is 0.668. The highest BCUT2D eigenvalue weighted by molar-refractivity contribution is 6.74. The molecule has 1 amide bonds. The third-order valence-electron chi connectivity index (χ3n) is 5.38. The SMILES string of the molecule is CC(CO[Si](C)(C)C(C)(C)C)N1CC(COc2cccc(Cl)c2)OC1=O.CCCO. The molecule has 0 aromatic heterocycles. The van der Waals surface area contributed by atoms with Crippen LogP contribution in [0.25, 0.3) is 0 Å². The Labute approximate surface area is 187 Å². The maximum atomic E-state index is 12.2. The van der Waals surface area contributed by atoms with E-state index in [1.165, 1.54) is 0 Å². The number of halogens is 1. The van der Waals surface area contributed by atoms with Crippen molar-refractivity contribution in [3.05, 3.63) is 29.3 Å². The Morgan fingerprint density at radius 2 is 2.00 bits per heavy atom. The van der Waals surface area contributed by atoms with E-state index >= 15 is 0 Å². The summed E-state index contributed by atoms with van der Waals surface area (Å²) in [6.45, 7) is 16.6. The third-order valence-corrected chi connectivity index (χ3v) is 10.1. The quantitative estimate of drug-likeness (QED) is 0.531. The predicted molar refractivity (Wildman–Crippen MR) is 124 cm³/mol. The van der Waals surface area contributed by atoms with Gasteiger partial charge in [0, 0.05) is 11.6 Å². The van der Waals surface area contributed by atoms with Gasteiger partial charge in [0.15, 0.2) is 14.4 Å². The van der Waals surface area contributed by atoms with Crippen LogP contribution in [0.15, 0.2) is 24.3 Å². The average Bonchev–Trinajstić information content (AvgIpc) is 3.04. The van der Waals surface area contributed by atoms with Gasteiger partial charge in [-0.25, -0.2) is 4.79 Å². The smallest absolute Gasteiger partial charge is 0.410 e. The van der Waals surface area contributed by atoms with E-state index in [9.17, 15) is 4.79 Å². The van der Waals surface area contributed by atoms with Crippen LogP contribution in [0.5, 0.6) is 5.75 Å². The summed E-state index contributed by atoms with van der Waals surface area (Å²) >= 11 is 5.95. The fraction of sp³-hybridized carbons (Fsp3) is 0.682. The first-order valence-electron chi connectivity index (χ1n) is 10.5. The van der Waals surface area contributed by atoms with Gasteiger partial charge in [-0.15, -0.1) is 0 Å². The molecule has 1 aromatic carbocycles. The van der Waals surface area contributed by atoms with Gasteiger partial charge in [-0.2, -0.15) is 0 Å². The van der Waals surface area contributed by atoms with E-state index in [1.54, 1.807) is 17.0 Å². The van der Waals surface area contributed by atoms with Crippen molar-refractivity contribution in [2.45, 2.75) is 71.3 Å². The van der Waals surface area contributed by atoms with Crippen LogP contribution in [-0.4, -0.2) is 62.9 Å². The monoisotopic (exact) mass is 459 g/mol. The summed E-state index contributed by atoms with van der Waals surface area (Å²) in [6.07, 6.45) is 0.271. The molecule has 1 aliphatic rings. The number of cyclic esters (lactones) is 1. The van der Waals surface area contributed by atoms with Gasteiger partial charge in [0.2, 0.25) is 0 Å². The van der Waals surface area contributed by atoms with Crippen molar-refractivity contribution in [1.82, 2.24) is 4.90 Å². The maximum Gasteiger partial charge on any atom is 0.410 e. The molecule has 0 spiro atoms. The molecule has 6 nitrogen and oxygen atoms in total. The van der Waals surface area contributed by atoms with Gasteiger partial charge in [0.25, 0.3) is 0 Å². The average molecular weight is 460 g/mol. The predicted octanol–water partition coefficient (Wildman–Crippen LogP) is 5.34. The minimum Gasteiger partial charge on any atom is -0.490 e. The maximum absolute atomic E-state index is 12.2. The summed E-state index contributed by atoms with van der Waals surface area (Å²) in [7, 11) is -1.84. The summed E-state index contributed by atoms with van der Waals surface area (Å²) < 4.78 is 17.4. The molecule has 0 bridgehead atoms. The molecule has 1 aromatic rings. The lowest BCUT2D eigenvalue weighted by Gasteiger charge is -2.37. The number of hydrogen-bond donors (Lipinski definition) is 1. The van der Waals surface area contributed by atoms with Crippen LogP contribution in [-0.2, 0) is 9.16 Å². The van der Waals surface area contributed by atoms with Crippen LogP contribution in [0.4, 0.5) is 4.79 Å². The van der Waals surface area contributed by atoms with Crippen LogP contribution in [0.1, 0.15) is 41.0 Å². The third kappa shape index (κ3) is 8.45. The van der Waals surface area contributed by atoms with Crippen molar-refractivity contribution in [3.8, 4) is 5.75 Å². The minimum absolute atomic E-state index is 0.0344. The van der Waals surface area contributed by atoms with Gasteiger partial charge in [-0.05, 0) is 49.7 Å². The van der Waals surface area contributed by atoms with Gasteiger partial charge >= 0.3 is 6.09 Å². The molecule has 1 fully saturated rings. The van der Waals surface area contributed by atoms with E-state index in [0.29, 0.717) is 37.1 Å². The molecule has 1 aliphatic heterocycles. The number of carbonyl (C=O) groups excluding carboxylic acids is 1. The minimum atomic E-state index is -1.84. The Morgan fingerprint density at radius 1 is 1.37 bits per heavy atom. The number of nitrogens with zero attached hydrogens (tertiary/aromatic N) is 1. The van der Waals surface area contributed by atoms with Crippen LogP contribution in [0, 0.1) is 0 Å². The zero-order valence-corrected chi connectivity index (χ0v) is 21.2. The number of benzene rings is 1. The summed E-state index contributed by atoms with van der Waals surface area (Å²) in [5, 5.41) is 8.63. The van der Waals surface area contributed by atoms with E-state index in [-0.39, 0.29) is 23.3 Å². The summed E-state index contributed by atoms with van der Waals surface area (Å²) in [4.78, 5) is 13.9. The molecular formula is C22H38ClNO5Si. The fourth-order valence-electron chi connectivity index (χ4n) is 2.37. The molecule has 2 rings (SSSR count). The van der Waals surface area contributed by atoms with E-state index in [4.69, 9.17) is 30.6 Å². The van der Waals surface area contributed by atoms with Crippen molar-refractivity contribution in [3.63, 3.8) is 0 Å². The Morgan fingerprint density at radius 3 is 2.53 bits per heavy atom. The zero-order valence-electron chi connectivity index (χ0n) is 19.4. The number of rotatable bonds is 8. The molecular weight excluding hydrogens is 422 g/mol. The Balaban J connectivity index is 0.00000103. The first kappa shape index (κ1) is 26.8. The van der Waals surface area contributed by atoms with Crippen LogP contribution < -0.4 is 4.74 Å². The van der Waals surface area contributed by atoms with Crippen LogP contribution in [0.2, 0.25) is 23.2 Å². The standard InChI is InChI=1S/C19H30ClNO4Si.C3H8O/c1-14(12-24-26(5,6)19(2,3)4)21-11-17(25-18(21)22)13-23-16-9-7-8-15(20)10-16;1-2-3-4/h7-10,14,17H,11-13H2,1-6H3;4H,2-3H2,1H3. The van der Waals surface area contributed by atoms with Crippen LogP contribution in [0.3, 0.4) is 0 Å². The van der Waals surface area contributed by atoms with E-state index in [2.05, 4.69) is 33.9 Å². The molecule has 0 aliphatic carbocycles. The number of hydrogen-bond acceptors (Lipinski definition) is 5. The Kier molecular flexibility index (Phi) is 10.6. The van der Waals surface area contributed by atoms with E-state index < -0.39 is 8.32 Å². The number of carbonyl (C=O) groups is 1. The molecule has 1 heterocycles. The fourth-order valence-corrected chi connectivity index (χ4v) is 3.64. The number of aliphatic hydroxyl groups excluding tert-OH is 1. The van der Waals surface area contributed by atoms with Crippen molar-refractivity contribution in [2.24, 2.45) is 0 Å². The number of amides is 1. The molecule has 172 valence electrons. The van der Waals surface area contributed by atoms with Crippen molar-refractivity contribution in [1.29, 1.82) is 0 Å². The second-order valence-corrected chi connectivity index (χ2v) is 14.3. The molecule has 0 saturated carbocycles. The molecule has 8 heteroatoms. The van der Waals surface area contributed by atoms with Gasteiger partial charge in [0.1, 0.15) is 12.4 Å². The Hall–Kier alpha value is -1.28. The van der Waals surface area contributed by atoms with Crippen LogP contribution >= 0.6 is 11.6 Å². The van der Waals surface area contributed by atoms with Crippen molar-refractivity contribution in [2.75, 3.05) is 26.4 Å². The van der Waals surface area contributed by atoms with Gasteiger partial charge in [-0.3, -0.25) is 4.90 Å². The summed E-state index contributed by atoms with van der Waals surface area (Å²) in [6, 6.07) is 7.15. The summed E-state index contributed by atoms with van der Waals surface area (Å²) in [5.41, 5.74) is 0. The Bertz CT molecular complexity index is 663. The van der Waals surface area contributed by atoms with Gasteiger partial charge in [0.05, 0.1) is 19.2 Å². The van der Waals surface area contributed by atoms with E-state index in [0.717, 1.165) is 6.42 Å². The van der Waals surface area contributed by atoms with Crippen molar-refractivity contribution < 1.29 is 23.8 Å². The lowest BCUT2D eigenvalue weighted by molar-refractivity contribution is 0.0999. The highest BCUT2D eigenvalue weighted by Gasteiger charge is 2.39. The molecule has 2 unspecified atom stereocenters. The number of ether oxygens (including phenoxy) is 2.